The zero-order valence-electron chi connectivity index (χ0n) is 12.4. The first-order chi connectivity index (χ1) is 10.1. The fourth-order valence-corrected chi connectivity index (χ4v) is 4.00. The molecular formula is C16H20N2O2S. The van der Waals surface area contributed by atoms with Gasteiger partial charge in [-0.3, -0.25) is 4.79 Å². The van der Waals surface area contributed by atoms with Crippen molar-refractivity contribution in [2.45, 2.75) is 50.2 Å². The number of carboxylic acid groups (broad SMARTS) is 1. The van der Waals surface area contributed by atoms with Crippen molar-refractivity contribution in [1.82, 2.24) is 9.55 Å². The predicted molar refractivity (Wildman–Crippen MR) is 84.9 cm³/mol. The Bertz CT molecular complexity index is 683. The molecule has 0 atom stereocenters. The van der Waals surface area contributed by atoms with Crippen LogP contribution in [0.2, 0.25) is 0 Å². The summed E-state index contributed by atoms with van der Waals surface area (Å²) in [6.45, 7) is 4.30. The molecule has 1 N–H and O–H groups in total. The van der Waals surface area contributed by atoms with Gasteiger partial charge in [-0.25, -0.2) is 4.98 Å². The number of carbonyl (C=O) groups is 1. The molecule has 112 valence electrons. The summed E-state index contributed by atoms with van der Waals surface area (Å²) >= 11 is 1.33. The standard InChI is InChI=1S/C16H20N2O2S/c1-3-16(7-4-8-16)18-13-9-11(2)5-6-12(13)17-15(18)21-10-14(19)20/h5-6,9H,3-4,7-8,10H2,1-2H3,(H,19,20). The van der Waals surface area contributed by atoms with Gasteiger partial charge in [0.2, 0.25) is 0 Å². The number of benzene rings is 1. The number of aliphatic carboxylic acids is 1. The molecule has 1 fully saturated rings. The summed E-state index contributed by atoms with van der Waals surface area (Å²) in [6, 6.07) is 6.27. The number of aromatic nitrogens is 2. The van der Waals surface area contributed by atoms with Crippen LogP contribution in [0.5, 0.6) is 0 Å². The lowest BCUT2D eigenvalue weighted by atomic mass is 9.74. The highest BCUT2D eigenvalue weighted by Gasteiger charge is 2.39. The molecule has 0 bridgehead atoms. The van der Waals surface area contributed by atoms with Crippen LogP contribution in [0.1, 0.15) is 38.2 Å². The van der Waals surface area contributed by atoms with E-state index in [0.717, 1.165) is 35.5 Å². The lowest BCUT2D eigenvalue weighted by Gasteiger charge is -2.43. The molecule has 5 heteroatoms. The maximum absolute atomic E-state index is 10.9. The number of nitrogens with zero attached hydrogens (tertiary/aromatic N) is 2. The number of rotatable bonds is 5. The van der Waals surface area contributed by atoms with E-state index in [4.69, 9.17) is 5.11 Å². The average Bonchev–Trinajstić information content (AvgIpc) is 2.75. The smallest absolute Gasteiger partial charge is 0.313 e. The molecule has 0 aliphatic heterocycles. The van der Waals surface area contributed by atoms with E-state index in [-0.39, 0.29) is 11.3 Å². The van der Waals surface area contributed by atoms with Crippen LogP contribution in [0.3, 0.4) is 0 Å². The Morgan fingerprint density at radius 2 is 2.24 bits per heavy atom. The average molecular weight is 304 g/mol. The van der Waals surface area contributed by atoms with E-state index in [2.05, 4.69) is 35.5 Å². The third kappa shape index (κ3) is 2.44. The van der Waals surface area contributed by atoms with Gasteiger partial charge in [-0.15, -0.1) is 0 Å². The largest absolute Gasteiger partial charge is 0.481 e. The van der Waals surface area contributed by atoms with Gasteiger partial charge in [0.1, 0.15) is 0 Å². The van der Waals surface area contributed by atoms with E-state index in [1.807, 2.05) is 6.07 Å². The number of imidazole rings is 1. The van der Waals surface area contributed by atoms with E-state index >= 15 is 0 Å². The van der Waals surface area contributed by atoms with Crippen LogP contribution in [-0.4, -0.2) is 26.4 Å². The predicted octanol–water partition coefficient (Wildman–Crippen LogP) is 3.81. The van der Waals surface area contributed by atoms with Gasteiger partial charge in [0.05, 0.1) is 16.8 Å². The Hall–Kier alpha value is -1.49. The van der Waals surface area contributed by atoms with Crippen LogP contribution in [0.15, 0.2) is 23.4 Å². The van der Waals surface area contributed by atoms with Crippen molar-refractivity contribution >= 4 is 28.8 Å². The Balaban J connectivity index is 2.14. The van der Waals surface area contributed by atoms with Gasteiger partial charge in [0.25, 0.3) is 0 Å². The van der Waals surface area contributed by atoms with Crippen molar-refractivity contribution in [1.29, 1.82) is 0 Å². The highest BCUT2D eigenvalue weighted by atomic mass is 32.2. The van der Waals surface area contributed by atoms with Gasteiger partial charge >= 0.3 is 5.97 Å². The topological polar surface area (TPSA) is 55.1 Å². The van der Waals surface area contributed by atoms with Gasteiger partial charge in [-0.05, 0) is 50.3 Å². The van der Waals surface area contributed by atoms with Crippen molar-refractivity contribution in [2.24, 2.45) is 0 Å². The SMILES string of the molecule is CCC1(n2c(SCC(=O)O)nc3ccc(C)cc32)CCC1. The normalized spacial score (nSPS) is 16.9. The molecule has 4 nitrogen and oxygen atoms in total. The Morgan fingerprint density at radius 3 is 2.81 bits per heavy atom. The van der Waals surface area contributed by atoms with Crippen molar-refractivity contribution in [2.75, 3.05) is 5.75 Å². The van der Waals surface area contributed by atoms with Crippen molar-refractivity contribution < 1.29 is 9.90 Å². The number of hydrogen-bond acceptors (Lipinski definition) is 3. The molecule has 2 aromatic rings. The monoisotopic (exact) mass is 304 g/mol. The third-order valence-electron chi connectivity index (χ3n) is 4.52. The molecule has 1 aromatic carbocycles. The van der Waals surface area contributed by atoms with Gasteiger partial charge in [-0.1, -0.05) is 24.8 Å². The molecule has 0 saturated heterocycles. The summed E-state index contributed by atoms with van der Waals surface area (Å²) in [5.41, 5.74) is 3.45. The van der Waals surface area contributed by atoms with Crippen LogP contribution in [-0.2, 0) is 10.3 Å². The highest BCUT2D eigenvalue weighted by molar-refractivity contribution is 7.99. The minimum atomic E-state index is -0.797. The Morgan fingerprint density at radius 1 is 1.48 bits per heavy atom. The van der Waals surface area contributed by atoms with Crippen LogP contribution in [0, 0.1) is 6.92 Å². The van der Waals surface area contributed by atoms with Gasteiger partial charge in [-0.2, -0.15) is 0 Å². The minimum absolute atomic E-state index is 0.0576. The number of carboxylic acids is 1. The first-order valence-electron chi connectivity index (χ1n) is 7.40. The first-order valence-corrected chi connectivity index (χ1v) is 8.38. The molecule has 0 unspecified atom stereocenters. The van der Waals surface area contributed by atoms with Crippen LogP contribution in [0.4, 0.5) is 0 Å². The molecule has 1 aliphatic carbocycles. The third-order valence-corrected chi connectivity index (χ3v) is 5.44. The van der Waals surface area contributed by atoms with Crippen LogP contribution >= 0.6 is 11.8 Å². The quantitative estimate of drug-likeness (QED) is 0.853. The van der Waals surface area contributed by atoms with E-state index in [0.29, 0.717) is 0 Å². The van der Waals surface area contributed by atoms with Gasteiger partial charge in [0.15, 0.2) is 5.16 Å². The molecule has 21 heavy (non-hydrogen) atoms. The summed E-state index contributed by atoms with van der Waals surface area (Å²) in [4.78, 5) is 15.6. The summed E-state index contributed by atoms with van der Waals surface area (Å²) in [6.07, 6.45) is 4.61. The maximum atomic E-state index is 10.9. The Kier molecular flexibility index (Phi) is 3.69. The van der Waals surface area contributed by atoms with Crippen molar-refractivity contribution in [3.05, 3.63) is 23.8 Å². The number of hydrogen-bond donors (Lipinski definition) is 1. The van der Waals surface area contributed by atoms with Gasteiger partial charge in [0, 0.05) is 5.54 Å². The van der Waals surface area contributed by atoms with Crippen molar-refractivity contribution in [3.63, 3.8) is 0 Å². The molecule has 0 spiro atoms. The number of thioether (sulfide) groups is 1. The van der Waals surface area contributed by atoms with E-state index in [9.17, 15) is 4.79 Å². The highest BCUT2D eigenvalue weighted by Crippen LogP contribution is 2.46. The maximum Gasteiger partial charge on any atom is 0.313 e. The molecule has 1 heterocycles. The van der Waals surface area contributed by atoms with Crippen molar-refractivity contribution in [3.8, 4) is 0 Å². The number of fused-ring (bicyclic) bond motifs is 1. The van der Waals surface area contributed by atoms with Crippen LogP contribution in [0.25, 0.3) is 11.0 Å². The first kappa shape index (κ1) is 14.4. The van der Waals surface area contributed by atoms with Crippen LogP contribution < -0.4 is 0 Å². The molecule has 1 aliphatic rings. The second-order valence-corrected chi connectivity index (χ2v) is 6.78. The van der Waals surface area contributed by atoms with E-state index in [1.165, 1.54) is 23.7 Å². The molecule has 1 saturated carbocycles. The molecular weight excluding hydrogens is 284 g/mol. The second kappa shape index (κ2) is 5.37. The lowest BCUT2D eigenvalue weighted by molar-refractivity contribution is -0.133. The minimum Gasteiger partial charge on any atom is -0.481 e. The summed E-state index contributed by atoms with van der Waals surface area (Å²) in [5, 5.41) is 9.80. The fraction of sp³-hybridized carbons (Fsp3) is 0.500. The molecule has 0 amide bonds. The second-order valence-electron chi connectivity index (χ2n) is 5.84. The number of aryl methyl sites for hydroxylation is 1. The van der Waals surface area contributed by atoms with E-state index < -0.39 is 5.97 Å². The summed E-state index contributed by atoms with van der Waals surface area (Å²) in [5.74, 6) is -0.740. The summed E-state index contributed by atoms with van der Waals surface area (Å²) < 4.78 is 2.31. The molecule has 0 radical (unpaired) electrons. The van der Waals surface area contributed by atoms with E-state index in [1.54, 1.807) is 0 Å². The summed E-state index contributed by atoms with van der Waals surface area (Å²) in [7, 11) is 0. The fourth-order valence-electron chi connectivity index (χ4n) is 3.16. The zero-order valence-corrected chi connectivity index (χ0v) is 13.2. The Labute approximate surface area is 128 Å². The molecule has 3 rings (SSSR count). The molecule has 1 aromatic heterocycles. The lowest BCUT2D eigenvalue weighted by Crippen LogP contribution is -2.40. The van der Waals surface area contributed by atoms with Gasteiger partial charge < -0.3 is 9.67 Å². The zero-order chi connectivity index (χ0) is 15.0.